The number of ether oxygens (including phenoxy) is 2. The zero-order chi connectivity index (χ0) is 18.5. The molecule has 1 saturated heterocycles. The van der Waals surface area contributed by atoms with Gasteiger partial charge in [-0.3, -0.25) is 4.79 Å². The van der Waals surface area contributed by atoms with E-state index in [0.717, 1.165) is 16.7 Å². The normalized spacial score (nSPS) is 18.5. The maximum atomic E-state index is 12.6. The highest BCUT2D eigenvalue weighted by Gasteiger charge is 2.24. The van der Waals surface area contributed by atoms with Gasteiger partial charge >= 0.3 is 11.9 Å². The van der Waals surface area contributed by atoms with Crippen molar-refractivity contribution in [3.8, 4) is 0 Å². The highest BCUT2D eigenvalue weighted by Crippen LogP contribution is 2.25. The van der Waals surface area contributed by atoms with Gasteiger partial charge in [0.15, 0.2) is 0 Å². The van der Waals surface area contributed by atoms with Crippen LogP contribution in [0.5, 0.6) is 0 Å². The van der Waals surface area contributed by atoms with Crippen molar-refractivity contribution in [2.24, 2.45) is 0 Å². The van der Waals surface area contributed by atoms with Gasteiger partial charge in [-0.05, 0) is 35.4 Å². The van der Waals surface area contributed by atoms with Crippen LogP contribution < -0.4 is 0 Å². The third-order valence-electron chi connectivity index (χ3n) is 4.08. The lowest BCUT2D eigenvalue weighted by molar-refractivity contribution is -0.138. The molecule has 2 aromatic rings. The summed E-state index contributed by atoms with van der Waals surface area (Å²) in [5.74, 6) is -0.940. The van der Waals surface area contributed by atoms with Gasteiger partial charge in [-0.15, -0.1) is 0 Å². The van der Waals surface area contributed by atoms with Crippen molar-refractivity contribution in [2.45, 2.75) is 12.3 Å². The minimum Gasteiger partial charge on any atom is -0.465 e. The first-order valence-electron chi connectivity index (χ1n) is 8.05. The largest absolute Gasteiger partial charge is 0.465 e. The molecule has 2 aliphatic heterocycles. The Hall–Kier alpha value is -3.02. The van der Waals surface area contributed by atoms with Crippen LogP contribution in [0.1, 0.15) is 23.5 Å². The Morgan fingerprint density at radius 2 is 1.46 bits per heavy atom. The van der Waals surface area contributed by atoms with Crippen molar-refractivity contribution in [1.82, 2.24) is 0 Å². The van der Waals surface area contributed by atoms with Crippen LogP contribution in [0.2, 0.25) is 0 Å². The molecule has 0 spiro atoms. The van der Waals surface area contributed by atoms with Crippen molar-refractivity contribution in [1.29, 1.82) is 0 Å². The second-order valence-corrected chi connectivity index (χ2v) is 5.92. The fourth-order valence-electron chi connectivity index (χ4n) is 2.67. The molecule has 0 aliphatic carbocycles. The fourth-order valence-corrected chi connectivity index (χ4v) is 2.67. The SMILES string of the molecule is O=C1C=C(c2ccc(F)cc2)CO1.O=C1CC(c2ccc(F)cc2)CO1. The third kappa shape index (κ3) is 4.53. The molecule has 4 nitrogen and oxygen atoms in total. The van der Waals surface area contributed by atoms with E-state index in [0.29, 0.717) is 13.0 Å². The van der Waals surface area contributed by atoms with Gasteiger partial charge in [0.1, 0.15) is 18.2 Å². The summed E-state index contributed by atoms with van der Waals surface area (Å²) in [6.07, 6.45) is 1.83. The molecule has 1 unspecified atom stereocenters. The van der Waals surface area contributed by atoms with E-state index < -0.39 is 0 Å². The molecule has 0 amide bonds. The fraction of sp³-hybridized carbons (Fsp3) is 0.200. The van der Waals surface area contributed by atoms with E-state index >= 15 is 0 Å². The Bertz CT molecular complexity index is 826. The minimum atomic E-state index is -0.334. The van der Waals surface area contributed by atoms with Crippen LogP contribution >= 0.6 is 0 Å². The number of hydrogen-bond donors (Lipinski definition) is 0. The summed E-state index contributed by atoms with van der Waals surface area (Å²) in [4.78, 5) is 21.5. The predicted molar refractivity (Wildman–Crippen MR) is 90.1 cm³/mol. The van der Waals surface area contributed by atoms with Crippen LogP contribution in [0.3, 0.4) is 0 Å². The second-order valence-electron chi connectivity index (χ2n) is 5.92. The van der Waals surface area contributed by atoms with Gasteiger partial charge in [-0.2, -0.15) is 0 Å². The summed E-state index contributed by atoms with van der Waals surface area (Å²) in [5.41, 5.74) is 2.59. The molecular weight excluding hydrogens is 342 g/mol. The van der Waals surface area contributed by atoms with Crippen LogP contribution in [-0.4, -0.2) is 25.2 Å². The second kappa shape index (κ2) is 7.91. The molecule has 2 aliphatic rings. The van der Waals surface area contributed by atoms with Gasteiger partial charge in [0.25, 0.3) is 0 Å². The quantitative estimate of drug-likeness (QED) is 0.770. The first-order chi connectivity index (χ1) is 12.5. The molecule has 0 radical (unpaired) electrons. The summed E-state index contributed by atoms with van der Waals surface area (Å²) >= 11 is 0. The standard InChI is InChI=1S/C10H9FO2.C10H7FO2/c2*11-9-3-1-7(2-4-9)8-5-10(12)13-6-8/h1-4,8H,5-6H2;1-5H,6H2. The molecule has 2 heterocycles. The number of benzene rings is 2. The van der Waals surface area contributed by atoms with Crippen LogP contribution in [0.15, 0.2) is 54.6 Å². The Kier molecular flexibility index (Phi) is 5.41. The molecular formula is C20H16F2O4. The molecule has 4 rings (SSSR count). The van der Waals surface area contributed by atoms with Crippen LogP contribution in [0.4, 0.5) is 8.78 Å². The molecule has 1 fully saturated rings. The summed E-state index contributed by atoms with van der Waals surface area (Å²) in [6.45, 7) is 0.703. The van der Waals surface area contributed by atoms with Gasteiger partial charge in [-0.25, -0.2) is 13.6 Å². The zero-order valence-corrected chi connectivity index (χ0v) is 13.8. The summed E-state index contributed by atoms with van der Waals surface area (Å²) in [5, 5.41) is 0. The number of hydrogen-bond acceptors (Lipinski definition) is 4. The Morgan fingerprint density at radius 1 is 0.846 bits per heavy atom. The van der Waals surface area contributed by atoms with Gasteiger partial charge < -0.3 is 9.47 Å². The van der Waals surface area contributed by atoms with Crippen molar-refractivity contribution in [3.05, 3.63) is 77.4 Å². The molecule has 134 valence electrons. The third-order valence-corrected chi connectivity index (χ3v) is 4.08. The van der Waals surface area contributed by atoms with Gasteiger partial charge in [-0.1, -0.05) is 24.3 Å². The summed E-state index contributed by atoms with van der Waals surface area (Å²) in [7, 11) is 0. The predicted octanol–water partition coefficient (Wildman–Crippen LogP) is 3.62. The maximum absolute atomic E-state index is 12.6. The molecule has 0 aromatic heterocycles. The Balaban J connectivity index is 0.000000151. The Morgan fingerprint density at radius 3 is 1.96 bits per heavy atom. The van der Waals surface area contributed by atoms with E-state index in [1.807, 2.05) is 0 Å². The highest BCUT2D eigenvalue weighted by molar-refractivity contribution is 5.95. The average molecular weight is 358 g/mol. The lowest BCUT2D eigenvalue weighted by atomic mass is 9.99. The van der Waals surface area contributed by atoms with E-state index in [4.69, 9.17) is 9.47 Å². The highest BCUT2D eigenvalue weighted by atomic mass is 19.1. The van der Waals surface area contributed by atoms with Crippen molar-refractivity contribution < 1.29 is 27.8 Å². The topological polar surface area (TPSA) is 52.6 Å². The first kappa shape index (κ1) is 17.8. The van der Waals surface area contributed by atoms with Crippen LogP contribution in [0.25, 0.3) is 5.57 Å². The van der Waals surface area contributed by atoms with Crippen LogP contribution in [-0.2, 0) is 19.1 Å². The molecule has 1 atom stereocenters. The van der Waals surface area contributed by atoms with Gasteiger partial charge in [0.05, 0.1) is 13.0 Å². The molecule has 2 aromatic carbocycles. The summed E-state index contributed by atoms with van der Waals surface area (Å²) in [6, 6.07) is 12.2. The molecule has 6 heteroatoms. The average Bonchev–Trinajstić information content (AvgIpc) is 3.25. The van der Waals surface area contributed by atoms with Gasteiger partial charge in [0, 0.05) is 17.6 Å². The van der Waals surface area contributed by atoms with E-state index in [9.17, 15) is 18.4 Å². The van der Waals surface area contributed by atoms with Crippen molar-refractivity contribution in [3.63, 3.8) is 0 Å². The monoisotopic (exact) mass is 358 g/mol. The van der Waals surface area contributed by atoms with E-state index in [1.165, 1.54) is 30.3 Å². The van der Waals surface area contributed by atoms with Crippen LogP contribution in [0, 0.1) is 11.6 Å². The van der Waals surface area contributed by atoms with Gasteiger partial charge in [0.2, 0.25) is 0 Å². The number of carbonyl (C=O) groups excluding carboxylic acids is 2. The number of cyclic esters (lactones) is 2. The number of rotatable bonds is 2. The minimum absolute atomic E-state index is 0.105. The van der Waals surface area contributed by atoms with E-state index in [1.54, 1.807) is 24.3 Å². The first-order valence-corrected chi connectivity index (χ1v) is 8.05. The lowest BCUT2D eigenvalue weighted by Gasteiger charge is -2.04. The maximum Gasteiger partial charge on any atom is 0.331 e. The van der Waals surface area contributed by atoms with E-state index in [2.05, 4.69) is 0 Å². The molecule has 0 saturated carbocycles. The Labute approximate surface area is 149 Å². The summed E-state index contributed by atoms with van der Waals surface area (Å²) < 4.78 is 34.6. The van der Waals surface area contributed by atoms with Crippen molar-refractivity contribution >= 4 is 17.5 Å². The van der Waals surface area contributed by atoms with E-state index in [-0.39, 0.29) is 36.1 Å². The smallest absolute Gasteiger partial charge is 0.331 e. The molecule has 0 bridgehead atoms. The van der Waals surface area contributed by atoms with Crippen molar-refractivity contribution in [2.75, 3.05) is 13.2 Å². The number of carbonyl (C=O) groups is 2. The lowest BCUT2D eigenvalue weighted by Crippen LogP contribution is -1.96. The number of halogens is 2. The molecule has 0 N–H and O–H groups in total. The number of esters is 2. The molecule has 26 heavy (non-hydrogen) atoms. The zero-order valence-electron chi connectivity index (χ0n) is 13.8.